The Morgan fingerprint density at radius 1 is 1.18 bits per heavy atom. The number of piperidine rings is 1. The van der Waals surface area contributed by atoms with Gasteiger partial charge < -0.3 is 4.90 Å². The van der Waals surface area contributed by atoms with Crippen molar-refractivity contribution in [3.8, 4) is 0 Å². The highest BCUT2D eigenvalue weighted by molar-refractivity contribution is 7.91. The van der Waals surface area contributed by atoms with Gasteiger partial charge in [0, 0.05) is 30.9 Å². The predicted octanol–water partition coefficient (Wildman–Crippen LogP) is 3.81. The highest BCUT2D eigenvalue weighted by Gasteiger charge is 2.21. The van der Waals surface area contributed by atoms with Gasteiger partial charge in [-0.3, -0.25) is 10.1 Å². The number of aryl methyl sites for hydroxylation is 1. The Labute approximate surface area is 198 Å². The van der Waals surface area contributed by atoms with E-state index in [1.54, 1.807) is 18.2 Å². The number of nitrogens with zero attached hydrogens (tertiary/aromatic N) is 3. The van der Waals surface area contributed by atoms with Crippen molar-refractivity contribution < 1.29 is 13.2 Å². The molecule has 0 aliphatic carbocycles. The minimum Gasteiger partial charge on any atom is -0.371 e. The molecule has 1 aliphatic rings. The molecule has 10 heteroatoms. The van der Waals surface area contributed by atoms with Crippen molar-refractivity contribution in [1.29, 1.82) is 0 Å². The molecule has 1 aromatic heterocycles. The van der Waals surface area contributed by atoms with Gasteiger partial charge >= 0.3 is 0 Å². The highest BCUT2D eigenvalue weighted by atomic mass is 32.2. The van der Waals surface area contributed by atoms with Crippen LogP contribution in [-0.2, 0) is 16.6 Å². The minimum atomic E-state index is -3.85. The van der Waals surface area contributed by atoms with Crippen molar-refractivity contribution >= 4 is 38.1 Å². The molecular weight excluding hydrogens is 458 g/mol. The van der Waals surface area contributed by atoms with Gasteiger partial charge in [0.15, 0.2) is 0 Å². The maximum Gasteiger partial charge on any atom is 0.270 e. The monoisotopic (exact) mass is 485 g/mol. The fourth-order valence-electron chi connectivity index (χ4n) is 3.81. The summed E-state index contributed by atoms with van der Waals surface area (Å²) in [5.74, 6) is 0.318. The molecule has 2 N–H and O–H groups in total. The first-order valence-corrected chi connectivity index (χ1v) is 13.2. The number of carbonyl (C=O) groups is 1. The minimum absolute atomic E-state index is 0.127. The summed E-state index contributed by atoms with van der Waals surface area (Å²) in [5, 5.41) is 10.3. The lowest BCUT2D eigenvalue weighted by Gasteiger charge is -2.32. The van der Waals surface area contributed by atoms with E-state index in [0.717, 1.165) is 41.2 Å². The predicted molar refractivity (Wildman–Crippen MR) is 130 cm³/mol. The smallest absolute Gasteiger partial charge is 0.270 e. The van der Waals surface area contributed by atoms with Crippen molar-refractivity contribution in [1.82, 2.24) is 14.9 Å². The Morgan fingerprint density at radius 2 is 1.97 bits per heavy atom. The molecule has 0 radical (unpaired) electrons. The van der Waals surface area contributed by atoms with Gasteiger partial charge in [-0.2, -0.15) is 0 Å². The van der Waals surface area contributed by atoms with E-state index in [4.69, 9.17) is 0 Å². The lowest BCUT2D eigenvalue weighted by atomic mass is 9.99. The summed E-state index contributed by atoms with van der Waals surface area (Å²) in [6.45, 7) is 6.40. The fourth-order valence-corrected chi connectivity index (χ4v) is 5.77. The van der Waals surface area contributed by atoms with Crippen molar-refractivity contribution in [3.05, 3.63) is 65.2 Å². The summed E-state index contributed by atoms with van der Waals surface area (Å²) in [7, 11) is -3.85. The second kappa shape index (κ2) is 9.98. The number of aromatic nitrogens is 2. The molecule has 2 heterocycles. The third kappa shape index (κ3) is 5.95. The van der Waals surface area contributed by atoms with Crippen LogP contribution >= 0.6 is 11.3 Å². The molecule has 0 saturated carbocycles. The normalized spacial score (nSPS) is 16.5. The summed E-state index contributed by atoms with van der Waals surface area (Å²) in [4.78, 5) is 14.7. The van der Waals surface area contributed by atoms with Crippen LogP contribution in [-0.4, -0.2) is 37.6 Å². The first kappa shape index (κ1) is 23.3. The van der Waals surface area contributed by atoms with E-state index in [1.165, 1.54) is 12.8 Å². The van der Waals surface area contributed by atoms with E-state index in [2.05, 4.69) is 32.1 Å². The molecule has 0 unspecified atom stereocenters. The summed E-state index contributed by atoms with van der Waals surface area (Å²) < 4.78 is 27.7. The van der Waals surface area contributed by atoms with E-state index in [1.807, 2.05) is 37.3 Å². The number of sulfonamides is 1. The van der Waals surface area contributed by atoms with Crippen molar-refractivity contribution in [2.24, 2.45) is 5.92 Å². The summed E-state index contributed by atoms with van der Waals surface area (Å²) >= 11 is 0.812. The van der Waals surface area contributed by atoms with Crippen LogP contribution in [0.15, 0.2) is 52.9 Å². The number of rotatable bonds is 7. The maximum atomic E-state index is 12.6. The third-order valence-electron chi connectivity index (χ3n) is 5.56. The van der Waals surface area contributed by atoms with E-state index >= 15 is 0 Å². The van der Waals surface area contributed by atoms with Crippen molar-refractivity contribution in [3.63, 3.8) is 0 Å². The largest absolute Gasteiger partial charge is 0.371 e. The first-order valence-electron chi connectivity index (χ1n) is 10.9. The number of carbonyl (C=O) groups excluding carboxylic acids is 1. The number of anilines is 2. The van der Waals surface area contributed by atoms with Gasteiger partial charge in [-0.25, -0.2) is 13.1 Å². The molecule has 8 nitrogen and oxygen atoms in total. The van der Waals surface area contributed by atoms with Crippen LogP contribution < -0.4 is 14.9 Å². The molecular formula is C23H27N5O3S2. The Bertz CT molecular complexity index is 1220. The number of hydrogen-bond acceptors (Lipinski definition) is 7. The number of nitrogens with one attached hydrogen (secondary N) is 2. The summed E-state index contributed by atoms with van der Waals surface area (Å²) in [6, 6.07) is 15.0. The number of benzene rings is 2. The summed E-state index contributed by atoms with van der Waals surface area (Å²) in [6.07, 6.45) is 2.46. The molecule has 0 spiro atoms. The molecule has 4 rings (SSSR count). The zero-order valence-corrected chi connectivity index (χ0v) is 20.2. The average Bonchev–Trinajstić information content (AvgIpc) is 3.28. The molecule has 2 aromatic carbocycles. The molecule has 33 heavy (non-hydrogen) atoms. The lowest BCUT2D eigenvalue weighted by Crippen LogP contribution is -2.34. The second-order valence-corrected chi connectivity index (χ2v) is 11.3. The van der Waals surface area contributed by atoms with Gasteiger partial charge in [-0.1, -0.05) is 48.1 Å². The van der Waals surface area contributed by atoms with Crippen LogP contribution in [0.3, 0.4) is 0 Å². The molecule has 3 aromatic rings. The molecule has 1 saturated heterocycles. The molecule has 0 bridgehead atoms. The molecule has 1 fully saturated rings. The van der Waals surface area contributed by atoms with Crippen LogP contribution in [0.25, 0.3) is 0 Å². The Hall–Kier alpha value is -2.82. The quantitative estimate of drug-likeness (QED) is 0.493. The lowest BCUT2D eigenvalue weighted by molar-refractivity contribution is 0.102. The Balaban J connectivity index is 1.35. The molecule has 1 amide bonds. The van der Waals surface area contributed by atoms with Crippen LogP contribution in [0.5, 0.6) is 0 Å². The maximum absolute atomic E-state index is 12.6. The van der Waals surface area contributed by atoms with E-state index in [-0.39, 0.29) is 21.9 Å². The van der Waals surface area contributed by atoms with Crippen molar-refractivity contribution in [2.45, 2.75) is 37.6 Å². The van der Waals surface area contributed by atoms with Crippen LogP contribution in [0, 0.1) is 12.8 Å². The van der Waals surface area contributed by atoms with E-state index < -0.39 is 10.0 Å². The van der Waals surface area contributed by atoms with Crippen molar-refractivity contribution in [2.75, 3.05) is 23.3 Å². The standard InChI is InChI=1S/C23H27N5O3S2/c1-16-5-3-7-19(13-16)21(29)25-22-26-27-23(32-22)33(30,31)24-14-18-8-10-20(11-9-18)28-12-4-6-17(2)15-28/h3,5,7-11,13,17,24H,4,6,12,14-15H2,1-2H3,(H,25,26,29)/t17-/m1/s1. The van der Waals surface area contributed by atoms with Crippen LogP contribution in [0.4, 0.5) is 10.8 Å². The zero-order valence-electron chi connectivity index (χ0n) is 18.6. The van der Waals surface area contributed by atoms with Crippen LogP contribution in [0.1, 0.15) is 41.3 Å². The van der Waals surface area contributed by atoms with E-state index in [9.17, 15) is 13.2 Å². The number of amides is 1. The second-order valence-electron chi connectivity index (χ2n) is 8.38. The molecule has 1 atom stereocenters. The first-order chi connectivity index (χ1) is 15.8. The van der Waals surface area contributed by atoms with Gasteiger partial charge in [0.2, 0.25) is 9.47 Å². The van der Waals surface area contributed by atoms with E-state index in [0.29, 0.717) is 11.5 Å². The fraction of sp³-hybridized carbons (Fsp3) is 0.348. The van der Waals surface area contributed by atoms with Gasteiger partial charge in [0.25, 0.3) is 15.9 Å². The topological polar surface area (TPSA) is 104 Å². The SMILES string of the molecule is Cc1cccc(C(=O)Nc2nnc(S(=O)(=O)NCc3ccc(N4CCC[C@@H](C)C4)cc3)s2)c1. The highest BCUT2D eigenvalue weighted by Crippen LogP contribution is 2.24. The van der Waals surface area contributed by atoms with Crippen LogP contribution in [0.2, 0.25) is 0 Å². The average molecular weight is 486 g/mol. The van der Waals surface area contributed by atoms with Gasteiger partial charge in [0.1, 0.15) is 0 Å². The molecule has 1 aliphatic heterocycles. The Morgan fingerprint density at radius 3 is 2.70 bits per heavy atom. The molecule has 174 valence electrons. The van der Waals surface area contributed by atoms with Gasteiger partial charge in [-0.05, 0) is 55.5 Å². The van der Waals surface area contributed by atoms with Gasteiger partial charge in [-0.15, -0.1) is 10.2 Å². The van der Waals surface area contributed by atoms with Gasteiger partial charge in [0.05, 0.1) is 0 Å². The zero-order chi connectivity index (χ0) is 23.4. The summed E-state index contributed by atoms with van der Waals surface area (Å²) in [5.41, 5.74) is 3.43. The number of hydrogen-bond donors (Lipinski definition) is 2. The third-order valence-corrected chi connectivity index (χ3v) is 8.17. The Kier molecular flexibility index (Phi) is 7.06.